The second kappa shape index (κ2) is 16.3. The minimum Gasteiger partial charge on any atom is -0.464 e. The maximum atomic E-state index is 11.2. The lowest BCUT2D eigenvalue weighted by atomic mass is 9.82. The van der Waals surface area contributed by atoms with Crippen molar-refractivity contribution in [3.63, 3.8) is 0 Å². The largest absolute Gasteiger partial charge is 0.464 e. The number of aliphatic hydroxyl groups is 2. The molecule has 2 heterocycles. The smallest absolute Gasteiger partial charge is 0.224 e. The fourth-order valence-corrected chi connectivity index (χ4v) is 5.90. The normalized spacial score (nSPS) is 16.0. The van der Waals surface area contributed by atoms with E-state index in [1.807, 2.05) is 45.0 Å². The van der Waals surface area contributed by atoms with Crippen molar-refractivity contribution in [3.05, 3.63) is 72.2 Å². The highest BCUT2D eigenvalue weighted by atomic mass is 35.6. The maximum Gasteiger partial charge on any atom is 0.224 e. The third-order valence-electron chi connectivity index (χ3n) is 7.55. The van der Waals surface area contributed by atoms with Gasteiger partial charge in [-0.15, -0.1) is 0 Å². The molecule has 0 aliphatic heterocycles. The number of benzene rings is 2. The number of halogens is 3. The van der Waals surface area contributed by atoms with Crippen LogP contribution >= 0.6 is 34.8 Å². The molecule has 4 unspecified atom stereocenters. The average molecular weight is 642 g/mol. The van der Waals surface area contributed by atoms with Gasteiger partial charge >= 0.3 is 0 Å². The van der Waals surface area contributed by atoms with Gasteiger partial charge in [0.2, 0.25) is 3.79 Å². The molecule has 4 aromatic rings. The molecule has 4 atom stereocenters. The van der Waals surface area contributed by atoms with E-state index in [9.17, 15) is 10.2 Å². The summed E-state index contributed by atoms with van der Waals surface area (Å²) < 4.78 is 8.79. The van der Waals surface area contributed by atoms with Gasteiger partial charge in [-0.2, -0.15) is 0 Å². The van der Waals surface area contributed by atoms with Crippen molar-refractivity contribution >= 4 is 56.7 Å². The highest BCUT2D eigenvalue weighted by Gasteiger charge is 2.52. The third kappa shape index (κ3) is 8.23. The van der Waals surface area contributed by atoms with Gasteiger partial charge in [0.15, 0.2) is 5.60 Å². The number of hydrogen-bond acceptors (Lipinski definition) is 6. The van der Waals surface area contributed by atoms with Crippen LogP contribution in [0.2, 0.25) is 0 Å². The number of rotatable bonds is 11. The summed E-state index contributed by atoms with van der Waals surface area (Å²) in [4.78, 5) is 0. The van der Waals surface area contributed by atoms with E-state index in [1.165, 1.54) is 0 Å². The van der Waals surface area contributed by atoms with Crippen molar-refractivity contribution in [3.8, 4) is 0 Å². The van der Waals surface area contributed by atoms with Gasteiger partial charge < -0.3 is 29.7 Å². The SMILES string of the molecule is CC.CCCCC(O)(c1ccc2occc2c1)C(C)NCC.CCNC(C)C(O)(c1ccc2occc2c1)C(Cl)(Cl)Cl. The number of hydrogen-bond donors (Lipinski definition) is 4. The number of unbranched alkanes of at least 4 members (excludes halogenated alkanes) is 1. The zero-order valence-corrected chi connectivity index (χ0v) is 28.1. The van der Waals surface area contributed by atoms with Crippen LogP contribution in [0.25, 0.3) is 21.9 Å². The molecule has 0 bridgehead atoms. The number of likely N-dealkylation sites (N-methyl/N-ethyl adjacent to an activating group) is 2. The fourth-order valence-electron chi connectivity index (χ4n) is 5.08. The van der Waals surface area contributed by atoms with Crippen LogP contribution in [0.3, 0.4) is 0 Å². The number of fused-ring (bicyclic) bond motifs is 2. The first-order valence-electron chi connectivity index (χ1n) is 14.9. The molecule has 0 spiro atoms. The molecule has 0 saturated carbocycles. The number of furan rings is 2. The van der Waals surface area contributed by atoms with Gasteiger partial charge in [-0.1, -0.05) is 94.4 Å². The standard InChI is InChI=1S/C17H25NO2.C14H16Cl3NO2.C2H6/c1-4-6-10-17(19,13(3)18-5-2)15-7-8-16-14(12-15)9-11-20-16;1-3-18-9(2)13(19,14(15,16)17)11-4-5-12-10(8-11)6-7-20-12;1-2/h7-9,11-13,18-19H,4-6,10H2,1-3H3;4-9,18-19H,3H2,1-2H3;1-2H3. The summed E-state index contributed by atoms with van der Waals surface area (Å²) in [7, 11) is 0. The molecule has 0 fully saturated rings. The molecule has 2 aromatic carbocycles. The third-order valence-corrected chi connectivity index (χ3v) is 8.42. The van der Waals surface area contributed by atoms with Crippen LogP contribution in [0.15, 0.2) is 69.9 Å². The Morgan fingerprint density at radius 2 is 1.21 bits per heavy atom. The van der Waals surface area contributed by atoms with E-state index in [0.717, 1.165) is 53.3 Å². The lowest BCUT2D eigenvalue weighted by Crippen LogP contribution is -2.54. The Hall–Kier alpha value is -1.77. The van der Waals surface area contributed by atoms with Crippen molar-refractivity contribution in [2.45, 2.75) is 94.8 Å². The van der Waals surface area contributed by atoms with E-state index in [1.54, 1.807) is 43.7 Å². The summed E-state index contributed by atoms with van der Waals surface area (Å²) in [6.45, 7) is 15.5. The van der Waals surface area contributed by atoms with Crippen LogP contribution in [-0.2, 0) is 11.2 Å². The van der Waals surface area contributed by atoms with Gasteiger partial charge in [0.1, 0.15) is 16.8 Å². The minimum absolute atomic E-state index is 0.0170. The molecule has 0 aliphatic rings. The monoisotopic (exact) mass is 640 g/mol. The predicted octanol–water partition coefficient (Wildman–Crippen LogP) is 8.82. The second-order valence-electron chi connectivity index (χ2n) is 10.2. The van der Waals surface area contributed by atoms with Crippen LogP contribution in [0.4, 0.5) is 0 Å². The zero-order valence-electron chi connectivity index (χ0n) is 25.8. The molecule has 6 nitrogen and oxygen atoms in total. The molecule has 234 valence electrons. The quantitative estimate of drug-likeness (QED) is 0.122. The van der Waals surface area contributed by atoms with E-state index < -0.39 is 21.0 Å². The van der Waals surface area contributed by atoms with E-state index in [-0.39, 0.29) is 6.04 Å². The molecule has 42 heavy (non-hydrogen) atoms. The molecule has 0 saturated heterocycles. The molecule has 0 amide bonds. The molecule has 4 rings (SSSR count). The topological polar surface area (TPSA) is 90.8 Å². The summed E-state index contributed by atoms with van der Waals surface area (Å²) in [6.07, 6.45) is 6.12. The number of nitrogens with one attached hydrogen (secondary N) is 2. The van der Waals surface area contributed by atoms with Crippen LogP contribution in [0.1, 0.15) is 78.9 Å². The van der Waals surface area contributed by atoms with Crippen molar-refractivity contribution in [2.24, 2.45) is 0 Å². The molecule has 0 aliphatic carbocycles. The van der Waals surface area contributed by atoms with E-state index in [2.05, 4.69) is 31.4 Å². The second-order valence-corrected chi connectivity index (χ2v) is 12.5. The Bertz CT molecular complexity index is 1350. The molecular formula is C33H47Cl3N2O4. The van der Waals surface area contributed by atoms with E-state index in [4.69, 9.17) is 43.6 Å². The van der Waals surface area contributed by atoms with Crippen molar-refractivity contribution in [1.29, 1.82) is 0 Å². The molecule has 0 radical (unpaired) electrons. The Balaban J connectivity index is 0.000000277. The van der Waals surface area contributed by atoms with Crippen molar-refractivity contribution < 1.29 is 19.0 Å². The first kappa shape index (κ1) is 36.4. The Kier molecular flexibility index (Phi) is 14.2. The molecule has 4 N–H and O–H groups in total. The van der Waals surface area contributed by atoms with Gasteiger partial charge in [-0.05, 0) is 80.9 Å². The highest BCUT2D eigenvalue weighted by Crippen LogP contribution is 2.47. The lowest BCUT2D eigenvalue weighted by molar-refractivity contribution is -0.00714. The fraction of sp³-hybridized carbons (Fsp3) is 0.515. The average Bonchev–Trinajstić information content (AvgIpc) is 3.65. The summed E-state index contributed by atoms with van der Waals surface area (Å²) in [5, 5.41) is 30.6. The predicted molar refractivity (Wildman–Crippen MR) is 178 cm³/mol. The summed E-state index contributed by atoms with van der Waals surface area (Å²) >= 11 is 18.1. The highest BCUT2D eigenvalue weighted by molar-refractivity contribution is 6.68. The van der Waals surface area contributed by atoms with E-state index in [0.29, 0.717) is 12.1 Å². The Morgan fingerprint density at radius 3 is 1.69 bits per heavy atom. The summed E-state index contributed by atoms with van der Waals surface area (Å²) in [6, 6.07) is 14.5. The molecular weight excluding hydrogens is 595 g/mol. The van der Waals surface area contributed by atoms with Crippen LogP contribution in [0, 0.1) is 0 Å². The zero-order chi connectivity index (χ0) is 31.6. The van der Waals surface area contributed by atoms with Gasteiger partial charge in [0.25, 0.3) is 0 Å². The van der Waals surface area contributed by atoms with Crippen LogP contribution in [-0.4, -0.2) is 39.2 Å². The summed E-state index contributed by atoms with van der Waals surface area (Å²) in [5.74, 6) is 0. The molecule has 9 heteroatoms. The Labute approximate surface area is 265 Å². The van der Waals surface area contributed by atoms with Crippen molar-refractivity contribution in [2.75, 3.05) is 13.1 Å². The van der Waals surface area contributed by atoms with Gasteiger partial charge in [-0.3, -0.25) is 0 Å². The summed E-state index contributed by atoms with van der Waals surface area (Å²) in [5.41, 5.74) is 0.587. The first-order valence-corrected chi connectivity index (χ1v) is 16.0. The van der Waals surface area contributed by atoms with Crippen LogP contribution < -0.4 is 10.6 Å². The first-order chi connectivity index (χ1) is 19.9. The van der Waals surface area contributed by atoms with Gasteiger partial charge in [0, 0.05) is 22.9 Å². The lowest BCUT2D eigenvalue weighted by Gasteiger charge is -2.40. The Morgan fingerprint density at radius 1 is 0.738 bits per heavy atom. The molecule has 2 aromatic heterocycles. The van der Waals surface area contributed by atoms with Crippen LogP contribution in [0.5, 0.6) is 0 Å². The maximum absolute atomic E-state index is 11.2. The minimum atomic E-state index is -1.87. The number of alkyl halides is 3. The van der Waals surface area contributed by atoms with E-state index >= 15 is 0 Å². The van der Waals surface area contributed by atoms with Gasteiger partial charge in [-0.25, -0.2) is 0 Å². The van der Waals surface area contributed by atoms with Gasteiger partial charge in [0.05, 0.1) is 12.5 Å². The van der Waals surface area contributed by atoms with Crippen molar-refractivity contribution in [1.82, 2.24) is 10.6 Å².